The van der Waals surface area contributed by atoms with Gasteiger partial charge < -0.3 is 4.90 Å². The molecule has 1 rings (SSSR count). The van der Waals surface area contributed by atoms with Gasteiger partial charge >= 0.3 is 0 Å². The fourth-order valence-electron chi connectivity index (χ4n) is 1.94. The summed E-state index contributed by atoms with van der Waals surface area (Å²) in [5, 5.41) is 0. The Labute approximate surface area is 83.5 Å². The molecule has 1 saturated heterocycles. The van der Waals surface area contributed by atoms with Crippen LogP contribution in [0.2, 0.25) is 0 Å². The van der Waals surface area contributed by atoms with E-state index in [-0.39, 0.29) is 0 Å². The van der Waals surface area contributed by atoms with Crippen molar-refractivity contribution in [1.82, 2.24) is 4.90 Å². The van der Waals surface area contributed by atoms with Gasteiger partial charge in [-0.1, -0.05) is 27.7 Å². The molecule has 0 aromatic heterocycles. The Balaban J connectivity index is 1.96. The van der Waals surface area contributed by atoms with E-state index in [1.807, 2.05) is 0 Å². The third kappa shape index (κ3) is 3.68. The van der Waals surface area contributed by atoms with E-state index in [9.17, 15) is 0 Å². The Morgan fingerprint density at radius 2 is 1.77 bits per heavy atom. The van der Waals surface area contributed by atoms with Crippen LogP contribution < -0.4 is 0 Å². The molecule has 1 heteroatoms. The van der Waals surface area contributed by atoms with E-state index in [0.717, 1.165) is 17.8 Å². The SMILES string of the molecule is CC(C)CCCN1CC(C(C)C)C1. The average Bonchev–Trinajstić information content (AvgIpc) is 1.92. The molecule has 0 aromatic carbocycles. The van der Waals surface area contributed by atoms with Crippen LogP contribution in [0.5, 0.6) is 0 Å². The molecule has 1 fully saturated rings. The van der Waals surface area contributed by atoms with Gasteiger partial charge in [-0.3, -0.25) is 0 Å². The van der Waals surface area contributed by atoms with Gasteiger partial charge in [0, 0.05) is 13.1 Å². The zero-order valence-corrected chi connectivity index (χ0v) is 9.71. The topological polar surface area (TPSA) is 3.24 Å². The zero-order valence-electron chi connectivity index (χ0n) is 9.71. The van der Waals surface area contributed by atoms with Gasteiger partial charge in [-0.2, -0.15) is 0 Å². The van der Waals surface area contributed by atoms with E-state index in [2.05, 4.69) is 32.6 Å². The maximum absolute atomic E-state index is 2.60. The number of nitrogens with zero attached hydrogens (tertiary/aromatic N) is 1. The molecule has 0 saturated carbocycles. The Morgan fingerprint density at radius 3 is 2.23 bits per heavy atom. The largest absolute Gasteiger partial charge is 0.303 e. The predicted molar refractivity (Wildman–Crippen MR) is 58.8 cm³/mol. The normalized spacial score (nSPS) is 19.8. The average molecular weight is 183 g/mol. The Kier molecular flexibility index (Phi) is 4.24. The maximum Gasteiger partial charge on any atom is 0.00245 e. The second-order valence-electron chi connectivity index (χ2n) is 5.30. The summed E-state index contributed by atoms with van der Waals surface area (Å²) in [6.07, 6.45) is 2.78. The standard InChI is InChI=1S/C12H25N/c1-10(2)6-5-7-13-8-12(9-13)11(3)4/h10-12H,5-9H2,1-4H3. The van der Waals surface area contributed by atoms with Crippen molar-refractivity contribution in [3.05, 3.63) is 0 Å². The van der Waals surface area contributed by atoms with Crippen LogP contribution in [-0.2, 0) is 0 Å². The monoisotopic (exact) mass is 183 g/mol. The minimum absolute atomic E-state index is 0.877. The fraction of sp³-hybridized carbons (Fsp3) is 1.00. The first-order valence-electron chi connectivity index (χ1n) is 5.82. The lowest BCUT2D eigenvalue weighted by molar-refractivity contribution is 0.0663. The van der Waals surface area contributed by atoms with E-state index >= 15 is 0 Å². The molecule has 0 N–H and O–H groups in total. The summed E-state index contributed by atoms with van der Waals surface area (Å²) in [5.74, 6) is 2.75. The van der Waals surface area contributed by atoms with Crippen molar-refractivity contribution < 1.29 is 0 Å². The minimum Gasteiger partial charge on any atom is -0.303 e. The van der Waals surface area contributed by atoms with Crippen LogP contribution in [0, 0.1) is 17.8 Å². The Morgan fingerprint density at radius 1 is 1.15 bits per heavy atom. The van der Waals surface area contributed by atoms with Crippen LogP contribution >= 0.6 is 0 Å². The second-order valence-corrected chi connectivity index (χ2v) is 5.30. The molecule has 0 aliphatic carbocycles. The molecule has 0 amide bonds. The van der Waals surface area contributed by atoms with E-state index in [4.69, 9.17) is 0 Å². The van der Waals surface area contributed by atoms with Crippen LogP contribution in [0.4, 0.5) is 0 Å². The third-order valence-electron chi connectivity index (χ3n) is 3.18. The van der Waals surface area contributed by atoms with Crippen molar-refractivity contribution in [2.75, 3.05) is 19.6 Å². The number of rotatable bonds is 5. The fourth-order valence-corrected chi connectivity index (χ4v) is 1.94. The molecular formula is C12H25N. The quantitative estimate of drug-likeness (QED) is 0.633. The molecule has 1 aliphatic heterocycles. The summed E-state index contributed by atoms with van der Waals surface area (Å²) in [6.45, 7) is 13.4. The Bertz CT molecular complexity index is 134. The first-order chi connectivity index (χ1) is 6.09. The molecule has 0 aromatic rings. The highest BCUT2D eigenvalue weighted by atomic mass is 15.2. The minimum atomic E-state index is 0.877. The van der Waals surface area contributed by atoms with Gasteiger partial charge in [-0.25, -0.2) is 0 Å². The van der Waals surface area contributed by atoms with Crippen molar-refractivity contribution >= 4 is 0 Å². The molecule has 0 bridgehead atoms. The summed E-state index contributed by atoms with van der Waals surface area (Å²) in [6, 6.07) is 0. The highest BCUT2D eigenvalue weighted by Crippen LogP contribution is 2.23. The highest BCUT2D eigenvalue weighted by molar-refractivity contribution is 4.81. The molecule has 0 atom stereocenters. The predicted octanol–water partition coefficient (Wildman–Crippen LogP) is 3.01. The lowest BCUT2D eigenvalue weighted by Gasteiger charge is -2.41. The van der Waals surface area contributed by atoms with Crippen molar-refractivity contribution in [2.24, 2.45) is 17.8 Å². The number of hydrogen-bond acceptors (Lipinski definition) is 1. The molecule has 13 heavy (non-hydrogen) atoms. The highest BCUT2D eigenvalue weighted by Gasteiger charge is 2.27. The van der Waals surface area contributed by atoms with Crippen LogP contribution in [0.1, 0.15) is 40.5 Å². The number of likely N-dealkylation sites (tertiary alicyclic amines) is 1. The Hall–Kier alpha value is -0.0400. The third-order valence-corrected chi connectivity index (χ3v) is 3.18. The van der Waals surface area contributed by atoms with Gasteiger partial charge in [0.15, 0.2) is 0 Å². The molecule has 0 unspecified atom stereocenters. The lowest BCUT2D eigenvalue weighted by atomic mass is 9.88. The van der Waals surface area contributed by atoms with Crippen molar-refractivity contribution in [3.8, 4) is 0 Å². The summed E-state index contributed by atoms with van der Waals surface area (Å²) < 4.78 is 0. The summed E-state index contributed by atoms with van der Waals surface area (Å²) in [5.41, 5.74) is 0. The van der Waals surface area contributed by atoms with Gasteiger partial charge in [0.25, 0.3) is 0 Å². The van der Waals surface area contributed by atoms with E-state index in [1.54, 1.807) is 0 Å². The van der Waals surface area contributed by atoms with Gasteiger partial charge in [0.05, 0.1) is 0 Å². The van der Waals surface area contributed by atoms with Crippen LogP contribution in [0.25, 0.3) is 0 Å². The van der Waals surface area contributed by atoms with Crippen LogP contribution in [0.15, 0.2) is 0 Å². The van der Waals surface area contributed by atoms with Crippen LogP contribution in [-0.4, -0.2) is 24.5 Å². The van der Waals surface area contributed by atoms with E-state index in [1.165, 1.54) is 32.5 Å². The van der Waals surface area contributed by atoms with Crippen molar-refractivity contribution in [1.29, 1.82) is 0 Å². The molecule has 1 aliphatic rings. The first-order valence-corrected chi connectivity index (χ1v) is 5.82. The van der Waals surface area contributed by atoms with Gasteiger partial charge in [-0.05, 0) is 37.1 Å². The molecule has 0 spiro atoms. The van der Waals surface area contributed by atoms with E-state index in [0.29, 0.717) is 0 Å². The van der Waals surface area contributed by atoms with Crippen molar-refractivity contribution in [3.63, 3.8) is 0 Å². The zero-order chi connectivity index (χ0) is 9.84. The molecule has 1 heterocycles. The van der Waals surface area contributed by atoms with Gasteiger partial charge in [0.1, 0.15) is 0 Å². The number of hydrogen-bond donors (Lipinski definition) is 0. The molecule has 78 valence electrons. The van der Waals surface area contributed by atoms with Gasteiger partial charge in [0.2, 0.25) is 0 Å². The molecular weight excluding hydrogens is 158 g/mol. The van der Waals surface area contributed by atoms with E-state index < -0.39 is 0 Å². The van der Waals surface area contributed by atoms with Crippen LogP contribution in [0.3, 0.4) is 0 Å². The molecule has 1 nitrogen and oxygen atoms in total. The smallest absolute Gasteiger partial charge is 0.00245 e. The first kappa shape index (κ1) is 11.0. The molecule has 0 radical (unpaired) electrons. The maximum atomic E-state index is 2.60. The van der Waals surface area contributed by atoms with Gasteiger partial charge in [-0.15, -0.1) is 0 Å². The lowest BCUT2D eigenvalue weighted by Crippen LogP contribution is -2.49. The van der Waals surface area contributed by atoms with Crippen molar-refractivity contribution in [2.45, 2.75) is 40.5 Å². The summed E-state index contributed by atoms with van der Waals surface area (Å²) in [7, 11) is 0. The summed E-state index contributed by atoms with van der Waals surface area (Å²) >= 11 is 0. The summed E-state index contributed by atoms with van der Waals surface area (Å²) in [4.78, 5) is 2.60. The second kappa shape index (κ2) is 4.99.